The van der Waals surface area contributed by atoms with Crippen LogP contribution in [-0.2, 0) is 9.53 Å². The fraction of sp³-hybridized carbons (Fsp3) is 0.833. The molecule has 1 atom stereocenters. The van der Waals surface area contributed by atoms with Gasteiger partial charge in [0, 0.05) is 19.7 Å². The van der Waals surface area contributed by atoms with Crippen LogP contribution in [0.4, 0.5) is 4.79 Å². The highest BCUT2D eigenvalue weighted by Crippen LogP contribution is 2.27. The van der Waals surface area contributed by atoms with Gasteiger partial charge in [0.25, 0.3) is 0 Å². The maximum absolute atomic E-state index is 11.4. The van der Waals surface area contributed by atoms with Crippen molar-refractivity contribution in [3.63, 3.8) is 0 Å². The highest BCUT2D eigenvalue weighted by Gasteiger charge is 2.28. The highest BCUT2D eigenvalue weighted by molar-refractivity contribution is 5.74. The second-order valence-corrected chi connectivity index (χ2v) is 5.25. The molecular weight excluding hydrogens is 236 g/mol. The molecule has 0 bridgehead atoms. The Morgan fingerprint density at radius 3 is 2.72 bits per heavy atom. The van der Waals surface area contributed by atoms with Crippen LogP contribution in [0.15, 0.2) is 0 Å². The first kappa shape index (κ1) is 14.8. The maximum Gasteiger partial charge on any atom is 0.314 e. The van der Waals surface area contributed by atoms with E-state index in [4.69, 9.17) is 9.84 Å². The van der Waals surface area contributed by atoms with Crippen molar-refractivity contribution >= 4 is 12.0 Å². The van der Waals surface area contributed by atoms with Crippen LogP contribution in [0.3, 0.4) is 0 Å². The van der Waals surface area contributed by atoms with Gasteiger partial charge in [-0.15, -0.1) is 0 Å². The van der Waals surface area contributed by atoms with E-state index in [1.165, 1.54) is 0 Å². The molecule has 1 aliphatic heterocycles. The third-order valence-electron chi connectivity index (χ3n) is 2.97. The van der Waals surface area contributed by atoms with Gasteiger partial charge in [-0.3, -0.25) is 4.79 Å². The molecule has 1 unspecified atom stereocenters. The van der Waals surface area contributed by atoms with Crippen molar-refractivity contribution < 1.29 is 19.4 Å². The summed E-state index contributed by atoms with van der Waals surface area (Å²) < 4.78 is 5.60. The Labute approximate surface area is 107 Å². The van der Waals surface area contributed by atoms with Crippen LogP contribution in [0, 0.1) is 5.92 Å². The van der Waals surface area contributed by atoms with E-state index >= 15 is 0 Å². The zero-order valence-electron chi connectivity index (χ0n) is 11.0. The first-order chi connectivity index (χ1) is 8.39. The molecule has 0 spiro atoms. The Kier molecular flexibility index (Phi) is 5.40. The molecule has 1 fully saturated rings. The molecule has 1 heterocycles. The predicted molar refractivity (Wildman–Crippen MR) is 66.4 cm³/mol. The first-order valence-electron chi connectivity index (χ1n) is 6.26. The van der Waals surface area contributed by atoms with Gasteiger partial charge in [-0.2, -0.15) is 0 Å². The summed E-state index contributed by atoms with van der Waals surface area (Å²) in [6.45, 7) is 5.57. The number of carboxylic acids is 1. The lowest BCUT2D eigenvalue weighted by atomic mass is 9.88. The lowest BCUT2D eigenvalue weighted by Gasteiger charge is -2.35. The molecule has 0 aromatic carbocycles. The number of urea groups is 1. The molecule has 1 saturated heterocycles. The minimum atomic E-state index is -0.915. The van der Waals surface area contributed by atoms with E-state index in [1.54, 1.807) is 0 Å². The van der Waals surface area contributed by atoms with E-state index in [0.717, 1.165) is 19.4 Å². The van der Waals surface area contributed by atoms with E-state index in [0.29, 0.717) is 12.5 Å². The van der Waals surface area contributed by atoms with E-state index in [2.05, 4.69) is 10.6 Å². The normalized spacial score (nSPS) is 22.2. The van der Waals surface area contributed by atoms with Crippen LogP contribution in [0.2, 0.25) is 0 Å². The number of ether oxygens (including phenoxy) is 1. The Hall–Kier alpha value is -1.30. The van der Waals surface area contributed by atoms with Crippen LogP contribution in [0.1, 0.15) is 33.1 Å². The van der Waals surface area contributed by atoms with Gasteiger partial charge in [0.15, 0.2) is 0 Å². The van der Waals surface area contributed by atoms with Gasteiger partial charge in [0.1, 0.15) is 0 Å². The molecule has 1 aliphatic rings. The minimum Gasteiger partial charge on any atom is -0.481 e. The van der Waals surface area contributed by atoms with Crippen molar-refractivity contribution in [1.82, 2.24) is 10.6 Å². The molecule has 2 amide bonds. The molecule has 6 nitrogen and oxygen atoms in total. The third-order valence-corrected chi connectivity index (χ3v) is 2.97. The number of hydrogen-bond donors (Lipinski definition) is 3. The molecule has 3 N–H and O–H groups in total. The molecule has 0 aliphatic carbocycles. The van der Waals surface area contributed by atoms with Crippen LogP contribution in [-0.4, -0.2) is 42.4 Å². The summed E-state index contributed by atoms with van der Waals surface area (Å²) in [5, 5.41) is 13.7. The second kappa shape index (κ2) is 6.58. The molecule has 0 saturated carbocycles. The van der Waals surface area contributed by atoms with Crippen LogP contribution >= 0.6 is 0 Å². The van der Waals surface area contributed by atoms with Gasteiger partial charge in [-0.25, -0.2) is 4.79 Å². The summed E-state index contributed by atoms with van der Waals surface area (Å²) in [4.78, 5) is 21.7. The average molecular weight is 258 g/mol. The van der Waals surface area contributed by atoms with Crippen LogP contribution < -0.4 is 10.6 Å². The Morgan fingerprint density at radius 1 is 1.39 bits per heavy atom. The molecule has 0 aromatic rings. The summed E-state index contributed by atoms with van der Waals surface area (Å²) in [6, 6.07) is -0.305. The van der Waals surface area contributed by atoms with E-state index in [-0.39, 0.29) is 24.6 Å². The molecule has 104 valence electrons. The number of nitrogens with one attached hydrogen (secondary N) is 2. The van der Waals surface area contributed by atoms with Gasteiger partial charge in [-0.1, -0.05) is 0 Å². The highest BCUT2D eigenvalue weighted by atomic mass is 16.5. The molecule has 0 radical (unpaired) electrons. The number of hydrogen-bond acceptors (Lipinski definition) is 3. The standard InChI is InChI=1S/C12H22N2O4/c1-12(2)7-9(4-6-18-12)8-14-11(17)13-5-3-10(15)16/h9H,3-8H2,1-2H3,(H,15,16)(H2,13,14,17). The van der Waals surface area contributed by atoms with Crippen molar-refractivity contribution in [2.45, 2.75) is 38.7 Å². The summed E-state index contributed by atoms with van der Waals surface area (Å²) in [5.41, 5.74) is -0.121. The molecule has 0 aromatic heterocycles. The zero-order valence-corrected chi connectivity index (χ0v) is 11.0. The number of rotatable bonds is 5. The Morgan fingerprint density at radius 2 is 2.11 bits per heavy atom. The number of carbonyl (C=O) groups is 2. The lowest BCUT2D eigenvalue weighted by Crippen LogP contribution is -2.43. The SMILES string of the molecule is CC1(C)CC(CNC(=O)NCCC(=O)O)CCO1. The minimum absolute atomic E-state index is 0.0578. The smallest absolute Gasteiger partial charge is 0.314 e. The number of aliphatic carboxylic acids is 1. The van der Waals surface area contributed by atoms with Gasteiger partial charge >= 0.3 is 12.0 Å². The third kappa shape index (κ3) is 5.86. The van der Waals surface area contributed by atoms with Gasteiger partial charge in [-0.05, 0) is 32.6 Å². The number of carbonyl (C=O) groups excluding carboxylic acids is 1. The van der Waals surface area contributed by atoms with Crippen molar-refractivity contribution in [2.75, 3.05) is 19.7 Å². The zero-order chi connectivity index (χ0) is 13.6. The van der Waals surface area contributed by atoms with Crippen LogP contribution in [0.25, 0.3) is 0 Å². The lowest BCUT2D eigenvalue weighted by molar-refractivity contribution is -0.136. The number of amides is 2. The van der Waals surface area contributed by atoms with Crippen molar-refractivity contribution in [1.29, 1.82) is 0 Å². The monoisotopic (exact) mass is 258 g/mol. The fourth-order valence-electron chi connectivity index (χ4n) is 2.11. The summed E-state index contributed by atoms with van der Waals surface area (Å²) in [7, 11) is 0. The van der Waals surface area contributed by atoms with Gasteiger partial charge < -0.3 is 20.5 Å². The van der Waals surface area contributed by atoms with Crippen LogP contribution in [0.5, 0.6) is 0 Å². The molecule has 18 heavy (non-hydrogen) atoms. The summed E-state index contributed by atoms with van der Waals surface area (Å²) in [5.74, 6) is -0.500. The Balaban J connectivity index is 2.16. The maximum atomic E-state index is 11.4. The van der Waals surface area contributed by atoms with Crippen molar-refractivity contribution in [2.24, 2.45) is 5.92 Å². The largest absolute Gasteiger partial charge is 0.481 e. The fourth-order valence-corrected chi connectivity index (χ4v) is 2.11. The van der Waals surface area contributed by atoms with Crippen molar-refractivity contribution in [3.8, 4) is 0 Å². The van der Waals surface area contributed by atoms with Crippen molar-refractivity contribution in [3.05, 3.63) is 0 Å². The molecular formula is C12H22N2O4. The van der Waals surface area contributed by atoms with Gasteiger partial charge in [0.05, 0.1) is 12.0 Å². The molecule has 1 rings (SSSR count). The Bertz CT molecular complexity index is 304. The number of carboxylic acid groups (broad SMARTS) is 1. The second-order valence-electron chi connectivity index (χ2n) is 5.25. The summed E-state index contributed by atoms with van der Waals surface area (Å²) >= 11 is 0. The predicted octanol–water partition coefficient (Wildman–Crippen LogP) is 0.965. The average Bonchev–Trinajstić information content (AvgIpc) is 2.24. The topological polar surface area (TPSA) is 87.7 Å². The van der Waals surface area contributed by atoms with Gasteiger partial charge in [0.2, 0.25) is 0 Å². The first-order valence-corrected chi connectivity index (χ1v) is 6.26. The quantitative estimate of drug-likeness (QED) is 0.685. The van der Waals surface area contributed by atoms with E-state index < -0.39 is 5.97 Å². The van der Waals surface area contributed by atoms with E-state index in [9.17, 15) is 9.59 Å². The summed E-state index contributed by atoms with van der Waals surface area (Å²) in [6.07, 6.45) is 1.80. The van der Waals surface area contributed by atoms with E-state index in [1.807, 2.05) is 13.8 Å². The molecule has 6 heteroatoms.